The van der Waals surface area contributed by atoms with Crippen LogP contribution in [0.25, 0.3) is 0 Å². The molecule has 1 aliphatic heterocycles. The molecule has 0 saturated carbocycles. The summed E-state index contributed by atoms with van der Waals surface area (Å²) in [5.74, 6) is 1.63. The van der Waals surface area contributed by atoms with E-state index in [4.69, 9.17) is 9.47 Å². The van der Waals surface area contributed by atoms with Crippen molar-refractivity contribution in [2.24, 2.45) is 0 Å². The SMILES string of the molecule is CCC(C)NC(=O)c1cnc(Nc2ccc3c(c2)OCO3)nc1. The van der Waals surface area contributed by atoms with Gasteiger partial charge >= 0.3 is 0 Å². The van der Waals surface area contributed by atoms with E-state index >= 15 is 0 Å². The minimum Gasteiger partial charge on any atom is -0.454 e. The van der Waals surface area contributed by atoms with Gasteiger partial charge in [-0.15, -0.1) is 0 Å². The van der Waals surface area contributed by atoms with Crippen molar-refractivity contribution in [3.8, 4) is 11.5 Å². The number of rotatable bonds is 5. The number of benzene rings is 1. The maximum Gasteiger partial charge on any atom is 0.254 e. The van der Waals surface area contributed by atoms with Gasteiger partial charge in [0.1, 0.15) is 0 Å². The summed E-state index contributed by atoms with van der Waals surface area (Å²) in [7, 11) is 0. The summed E-state index contributed by atoms with van der Waals surface area (Å²) in [6.07, 6.45) is 3.87. The zero-order chi connectivity index (χ0) is 16.2. The van der Waals surface area contributed by atoms with E-state index in [-0.39, 0.29) is 18.7 Å². The normalized spacial score (nSPS) is 13.5. The highest BCUT2D eigenvalue weighted by molar-refractivity contribution is 5.93. The van der Waals surface area contributed by atoms with E-state index < -0.39 is 0 Å². The molecule has 7 nitrogen and oxygen atoms in total. The summed E-state index contributed by atoms with van der Waals surface area (Å²) in [5.41, 5.74) is 1.22. The fourth-order valence-electron chi connectivity index (χ4n) is 2.02. The molecule has 0 fully saturated rings. The average molecular weight is 314 g/mol. The Morgan fingerprint density at radius 3 is 2.74 bits per heavy atom. The Morgan fingerprint density at radius 2 is 2.00 bits per heavy atom. The van der Waals surface area contributed by atoms with Crippen LogP contribution in [0.3, 0.4) is 0 Å². The summed E-state index contributed by atoms with van der Waals surface area (Å²) < 4.78 is 10.6. The van der Waals surface area contributed by atoms with Gasteiger partial charge in [0, 0.05) is 30.2 Å². The third-order valence-electron chi connectivity index (χ3n) is 3.53. The predicted molar refractivity (Wildman–Crippen MR) is 85.1 cm³/mol. The maximum absolute atomic E-state index is 12.0. The Labute approximate surface area is 134 Å². The molecule has 2 aromatic rings. The predicted octanol–water partition coefficient (Wildman–Crippen LogP) is 2.48. The molecule has 0 radical (unpaired) electrons. The largest absolute Gasteiger partial charge is 0.454 e. The van der Waals surface area contributed by atoms with Gasteiger partial charge in [-0.2, -0.15) is 0 Å². The number of nitrogens with one attached hydrogen (secondary N) is 2. The first-order chi connectivity index (χ1) is 11.2. The van der Waals surface area contributed by atoms with Crippen LogP contribution in [0.1, 0.15) is 30.6 Å². The molecule has 2 heterocycles. The number of anilines is 2. The summed E-state index contributed by atoms with van der Waals surface area (Å²) in [6, 6.07) is 5.60. The number of nitrogens with zero attached hydrogens (tertiary/aromatic N) is 2. The van der Waals surface area contributed by atoms with Crippen LogP contribution < -0.4 is 20.1 Å². The van der Waals surface area contributed by atoms with Crippen molar-refractivity contribution in [1.29, 1.82) is 0 Å². The van der Waals surface area contributed by atoms with Gasteiger partial charge in [0.2, 0.25) is 12.7 Å². The molecule has 7 heteroatoms. The van der Waals surface area contributed by atoms with Gasteiger partial charge in [0.05, 0.1) is 5.56 Å². The highest BCUT2D eigenvalue weighted by atomic mass is 16.7. The van der Waals surface area contributed by atoms with E-state index in [1.54, 1.807) is 0 Å². The molecule has 1 aliphatic rings. The number of amides is 1. The fraction of sp³-hybridized carbons (Fsp3) is 0.312. The minimum absolute atomic E-state index is 0.119. The van der Waals surface area contributed by atoms with E-state index in [0.717, 1.165) is 12.1 Å². The molecule has 120 valence electrons. The molecule has 0 bridgehead atoms. The second-order valence-corrected chi connectivity index (χ2v) is 5.27. The van der Waals surface area contributed by atoms with Crippen molar-refractivity contribution in [2.45, 2.75) is 26.3 Å². The first-order valence-corrected chi connectivity index (χ1v) is 7.45. The number of ether oxygens (including phenoxy) is 2. The van der Waals surface area contributed by atoms with Gasteiger partial charge in [-0.25, -0.2) is 9.97 Å². The number of hydrogen-bond donors (Lipinski definition) is 2. The molecule has 0 aliphatic carbocycles. The Morgan fingerprint density at radius 1 is 1.26 bits per heavy atom. The van der Waals surface area contributed by atoms with Crippen LogP contribution in [0.2, 0.25) is 0 Å². The molecule has 0 saturated heterocycles. The topological polar surface area (TPSA) is 85.4 Å². The first-order valence-electron chi connectivity index (χ1n) is 7.45. The van der Waals surface area contributed by atoms with Crippen LogP contribution in [0.5, 0.6) is 11.5 Å². The number of carbonyl (C=O) groups excluding carboxylic acids is 1. The van der Waals surface area contributed by atoms with Gasteiger partial charge in [-0.3, -0.25) is 4.79 Å². The Hall–Kier alpha value is -2.83. The maximum atomic E-state index is 12.0. The second kappa shape index (κ2) is 6.51. The van der Waals surface area contributed by atoms with E-state index in [1.165, 1.54) is 12.4 Å². The molecule has 3 rings (SSSR count). The third-order valence-corrected chi connectivity index (χ3v) is 3.53. The average Bonchev–Trinajstić information content (AvgIpc) is 3.03. The van der Waals surface area contributed by atoms with Gasteiger partial charge in [-0.1, -0.05) is 6.92 Å². The lowest BCUT2D eigenvalue weighted by atomic mass is 10.2. The molecule has 1 unspecified atom stereocenters. The van der Waals surface area contributed by atoms with E-state index in [9.17, 15) is 4.79 Å². The van der Waals surface area contributed by atoms with Crippen molar-refractivity contribution in [3.05, 3.63) is 36.2 Å². The minimum atomic E-state index is -0.172. The number of aromatic nitrogens is 2. The molecule has 0 spiro atoms. The lowest BCUT2D eigenvalue weighted by Gasteiger charge is -2.11. The van der Waals surface area contributed by atoms with Crippen LogP contribution in [-0.4, -0.2) is 28.7 Å². The number of carbonyl (C=O) groups is 1. The smallest absolute Gasteiger partial charge is 0.254 e. The molecule has 1 atom stereocenters. The molecule has 1 aromatic heterocycles. The molecular weight excluding hydrogens is 296 g/mol. The Bertz CT molecular complexity index is 703. The van der Waals surface area contributed by atoms with Crippen molar-refractivity contribution in [3.63, 3.8) is 0 Å². The van der Waals surface area contributed by atoms with E-state index in [0.29, 0.717) is 23.0 Å². The van der Waals surface area contributed by atoms with E-state index in [2.05, 4.69) is 20.6 Å². The summed E-state index contributed by atoms with van der Waals surface area (Å²) in [6.45, 7) is 4.20. The fourth-order valence-corrected chi connectivity index (χ4v) is 2.02. The summed E-state index contributed by atoms with van der Waals surface area (Å²) in [4.78, 5) is 20.3. The second-order valence-electron chi connectivity index (χ2n) is 5.27. The lowest BCUT2D eigenvalue weighted by molar-refractivity contribution is 0.0938. The van der Waals surface area contributed by atoms with Crippen LogP contribution >= 0.6 is 0 Å². The van der Waals surface area contributed by atoms with Crippen LogP contribution in [0.15, 0.2) is 30.6 Å². The third kappa shape index (κ3) is 3.50. The Kier molecular flexibility index (Phi) is 4.27. The first kappa shape index (κ1) is 15.1. The molecule has 2 N–H and O–H groups in total. The van der Waals surface area contributed by atoms with Gasteiger partial charge in [0.25, 0.3) is 5.91 Å². The highest BCUT2D eigenvalue weighted by Crippen LogP contribution is 2.34. The van der Waals surface area contributed by atoms with E-state index in [1.807, 2.05) is 32.0 Å². The van der Waals surface area contributed by atoms with Gasteiger partial charge in [0.15, 0.2) is 11.5 Å². The quantitative estimate of drug-likeness (QED) is 0.882. The van der Waals surface area contributed by atoms with Crippen molar-refractivity contribution in [1.82, 2.24) is 15.3 Å². The van der Waals surface area contributed by atoms with Crippen LogP contribution in [0.4, 0.5) is 11.6 Å². The van der Waals surface area contributed by atoms with Crippen molar-refractivity contribution in [2.75, 3.05) is 12.1 Å². The van der Waals surface area contributed by atoms with Crippen LogP contribution in [-0.2, 0) is 0 Å². The lowest BCUT2D eigenvalue weighted by Crippen LogP contribution is -2.32. The highest BCUT2D eigenvalue weighted by Gasteiger charge is 2.14. The molecule has 1 amide bonds. The summed E-state index contributed by atoms with van der Waals surface area (Å²) >= 11 is 0. The molecule has 1 aromatic carbocycles. The zero-order valence-corrected chi connectivity index (χ0v) is 13.0. The molecule has 23 heavy (non-hydrogen) atoms. The molecular formula is C16H18N4O3. The summed E-state index contributed by atoms with van der Waals surface area (Å²) in [5, 5.41) is 5.94. The zero-order valence-electron chi connectivity index (χ0n) is 13.0. The van der Waals surface area contributed by atoms with Gasteiger partial charge in [-0.05, 0) is 25.5 Å². The standard InChI is InChI=1S/C16H18N4O3/c1-3-10(2)19-15(21)11-7-17-16(18-8-11)20-12-4-5-13-14(6-12)23-9-22-13/h4-8,10H,3,9H2,1-2H3,(H,19,21)(H,17,18,20). The van der Waals surface area contributed by atoms with Gasteiger partial charge < -0.3 is 20.1 Å². The Balaban J connectivity index is 1.66. The van der Waals surface area contributed by atoms with Crippen LogP contribution in [0, 0.1) is 0 Å². The monoisotopic (exact) mass is 314 g/mol. The van der Waals surface area contributed by atoms with Crippen molar-refractivity contribution < 1.29 is 14.3 Å². The number of fused-ring (bicyclic) bond motifs is 1. The van der Waals surface area contributed by atoms with Crippen molar-refractivity contribution >= 4 is 17.5 Å². The number of hydrogen-bond acceptors (Lipinski definition) is 6.